The lowest BCUT2D eigenvalue weighted by Gasteiger charge is -2.11. The van der Waals surface area contributed by atoms with Gasteiger partial charge >= 0.3 is 0 Å². The standard InChI is InChI=1S/C13H16BrN3/c1-10(15)6-7-17-9-16-8-13(17)11-4-2-3-5-12(11)14/h2-5,8-10H,6-7,15H2,1H3. The molecule has 0 aliphatic heterocycles. The Balaban J connectivity index is 2.28. The SMILES string of the molecule is CC(N)CCn1cncc1-c1ccccc1Br. The maximum atomic E-state index is 5.78. The predicted octanol–water partition coefficient (Wildman–Crippen LogP) is 3.05. The molecule has 0 amide bonds. The number of aryl methyl sites for hydroxylation is 1. The Morgan fingerprint density at radius 2 is 2.18 bits per heavy atom. The van der Waals surface area contributed by atoms with Crippen LogP contribution in [0.2, 0.25) is 0 Å². The number of nitrogens with two attached hydrogens (primary N) is 1. The average Bonchev–Trinajstić information content (AvgIpc) is 2.75. The molecule has 0 aliphatic rings. The molecule has 0 saturated carbocycles. The first kappa shape index (κ1) is 12.3. The minimum Gasteiger partial charge on any atom is -0.331 e. The molecule has 1 atom stereocenters. The van der Waals surface area contributed by atoms with E-state index in [2.05, 4.69) is 31.5 Å². The zero-order valence-electron chi connectivity index (χ0n) is 9.81. The molecule has 2 N–H and O–H groups in total. The highest BCUT2D eigenvalue weighted by Gasteiger charge is 2.08. The van der Waals surface area contributed by atoms with E-state index in [1.807, 2.05) is 37.6 Å². The zero-order chi connectivity index (χ0) is 12.3. The Morgan fingerprint density at radius 3 is 2.88 bits per heavy atom. The maximum absolute atomic E-state index is 5.78. The van der Waals surface area contributed by atoms with E-state index < -0.39 is 0 Å². The summed E-state index contributed by atoms with van der Waals surface area (Å²) in [6, 6.07) is 8.38. The van der Waals surface area contributed by atoms with Gasteiger partial charge in [-0.05, 0) is 19.4 Å². The second kappa shape index (κ2) is 5.47. The number of aromatic nitrogens is 2. The molecule has 0 spiro atoms. The van der Waals surface area contributed by atoms with Crippen LogP contribution in [-0.4, -0.2) is 15.6 Å². The second-order valence-corrected chi connectivity index (χ2v) is 5.07. The molecule has 0 fully saturated rings. The maximum Gasteiger partial charge on any atom is 0.0950 e. The molecule has 2 rings (SSSR count). The number of imidazole rings is 1. The lowest BCUT2D eigenvalue weighted by Crippen LogP contribution is -2.17. The molecule has 0 bridgehead atoms. The van der Waals surface area contributed by atoms with Gasteiger partial charge in [-0.25, -0.2) is 4.98 Å². The normalized spacial score (nSPS) is 12.6. The predicted molar refractivity (Wildman–Crippen MR) is 73.6 cm³/mol. The van der Waals surface area contributed by atoms with Crippen molar-refractivity contribution < 1.29 is 0 Å². The third kappa shape index (κ3) is 2.96. The first-order chi connectivity index (χ1) is 8.18. The highest BCUT2D eigenvalue weighted by atomic mass is 79.9. The fourth-order valence-electron chi connectivity index (χ4n) is 1.73. The van der Waals surface area contributed by atoms with E-state index in [-0.39, 0.29) is 6.04 Å². The number of halogens is 1. The molecule has 1 aromatic carbocycles. The van der Waals surface area contributed by atoms with Crippen LogP contribution in [0.4, 0.5) is 0 Å². The smallest absolute Gasteiger partial charge is 0.0950 e. The van der Waals surface area contributed by atoms with Crippen LogP contribution in [0.5, 0.6) is 0 Å². The van der Waals surface area contributed by atoms with Crippen LogP contribution in [0.3, 0.4) is 0 Å². The van der Waals surface area contributed by atoms with E-state index in [4.69, 9.17) is 5.73 Å². The molecule has 90 valence electrons. The fraction of sp³-hybridized carbons (Fsp3) is 0.308. The summed E-state index contributed by atoms with van der Waals surface area (Å²) < 4.78 is 3.23. The first-order valence-corrected chi connectivity index (χ1v) is 6.48. The molecule has 0 saturated heterocycles. The lowest BCUT2D eigenvalue weighted by atomic mass is 10.1. The first-order valence-electron chi connectivity index (χ1n) is 5.69. The Kier molecular flexibility index (Phi) is 3.97. The van der Waals surface area contributed by atoms with Gasteiger partial charge in [0.2, 0.25) is 0 Å². The van der Waals surface area contributed by atoms with Crippen molar-refractivity contribution in [2.24, 2.45) is 5.73 Å². The molecule has 1 unspecified atom stereocenters. The third-order valence-corrected chi connectivity index (χ3v) is 3.38. The van der Waals surface area contributed by atoms with Crippen LogP contribution in [0.25, 0.3) is 11.3 Å². The van der Waals surface area contributed by atoms with Crippen LogP contribution in [0.15, 0.2) is 41.3 Å². The van der Waals surface area contributed by atoms with Gasteiger partial charge in [0.15, 0.2) is 0 Å². The van der Waals surface area contributed by atoms with E-state index >= 15 is 0 Å². The van der Waals surface area contributed by atoms with Crippen molar-refractivity contribution in [3.8, 4) is 11.3 Å². The summed E-state index contributed by atoms with van der Waals surface area (Å²) in [5.41, 5.74) is 8.07. The van der Waals surface area contributed by atoms with Gasteiger partial charge < -0.3 is 10.3 Å². The van der Waals surface area contributed by atoms with Crippen LogP contribution < -0.4 is 5.73 Å². The van der Waals surface area contributed by atoms with E-state index in [0.29, 0.717) is 0 Å². The number of rotatable bonds is 4. The van der Waals surface area contributed by atoms with Gasteiger partial charge in [0.1, 0.15) is 0 Å². The third-order valence-electron chi connectivity index (χ3n) is 2.69. The van der Waals surface area contributed by atoms with Gasteiger partial charge in [-0.1, -0.05) is 34.1 Å². The van der Waals surface area contributed by atoms with Crippen LogP contribution >= 0.6 is 15.9 Å². The summed E-state index contributed by atoms with van der Waals surface area (Å²) >= 11 is 3.57. The second-order valence-electron chi connectivity index (χ2n) is 4.22. The minimum atomic E-state index is 0.212. The molecule has 1 aromatic heterocycles. The van der Waals surface area contributed by atoms with Gasteiger partial charge in [0.25, 0.3) is 0 Å². The average molecular weight is 294 g/mol. The van der Waals surface area contributed by atoms with Crippen molar-refractivity contribution in [3.63, 3.8) is 0 Å². The van der Waals surface area contributed by atoms with Gasteiger partial charge in [0.05, 0.1) is 18.2 Å². The summed E-state index contributed by atoms with van der Waals surface area (Å²) in [7, 11) is 0. The van der Waals surface area contributed by atoms with Gasteiger partial charge in [-0.15, -0.1) is 0 Å². The highest BCUT2D eigenvalue weighted by Crippen LogP contribution is 2.27. The van der Waals surface area contributed by atoms with E-state index in [1.54, 1.807) is 0 Å². The van der Waals surface area contributed by atoms with Crippen LogP contribution in [-0.2, 0) is 6.54 Å². The summed E-state index contributed by atoms with van der Waals surface area (Å²) in [4.78, 5) is 4.22. The molecular weight excluding hydrogens is 278 g/mol. The number of nitrogens with zero attached hydrogens (tertiary/aromatic N) is 2. The summed E-state index contributed by atoms with van der Waals surface area (Å²) in [5.74, 6) is 0. The summed E-state index contributed by atoms with van der Waals surface area (Å²) in [6.07, 6.45) is 4.70. The molecule has 1 heterocycles. The van der Waals surface area contributed by atoms with Gasteiger partial charge in [0, 0.05) is 22.6 Å². The fourth-order valence-corrected chi connectivity index (χ4v) is 2.22. The van der Waals surface area contributed by atoms with Crippen molar-refractivity contribution in [3.05, 3.63) is 41.3 Å². The molecule has 3 nitrogen and oxygen atoms in total. The number of hydrogen-bond donors (Lipinski definition) is 1. The Morgan fingerprint density at radius 1 is 1.41 bits per heavy atom. The molecule has 0 aliphatic carbocycles. The summed E-state index contributed by atoms with van der Waals surface area (Å²) in [6.45, 7) is 2.92. The summed E-state index contributed by atoms with van der Waals surface area (Å²) in [5, 5.41) is 0. The number of benzene rings is 1. The number of hydrogen-bond acceptors (Lipinski definition) is 2. The topological polar surface area (TPSA) is 43.8 Å². The van der Waals surface area contributed by atoms with Crippen molar-refractivity contribution >= 4 is 15.9 Å². The van der Waals surface area contributed by atoms with Crippen molar-refractivity contribution in [1.29, 1.82) is 0 Å². The molecule has 4 heteroatoms. The van der Waals surface area contributed by atoms with E-state index in [0.717, 1.165) is 28.7 Å². The van der Waals surface area contributed by atoms with Crippen LogP contribution in [0.1, 0.15) is 13.3 Å². The molecular formula is C13H16BrN3. The molecule has 0 radical (unpaired) electrons. The van der Waals surface area contributed by atoms with E-state index in [9.17, 15) is 0 Å². The zero-order valence-corrected chi connectivity index (χ0v) is 11.4. The quantitative estimate of drug-likeness (QED) is 0.942. The highest BCUT2D eigenvalue weighted by molar-refractivity contribution is 9.10. The Labute approximate surface area is 110 Å². The van der Waals surface area contributed by atoms with Gasteiger partial charge in [-0.2, -0.15) is 0 Å². The van der Waals surface area contributed by atoms with Crippen molar-refractivity contribution in [2.75, 3.05) is 0 Å². The molecule has 17 heavy (non-hydrogen) atoms. The van der Waals surface area contributed by atoms with Crippen molar-refractivity contribution in [2.45, 2.75) is 25.9 Å². The van der Waals surface area contributed by atoms with Crippen LogP contribution in [0, 0.1) is 0 Å². The Bertz CT molecular complexity index is 491. The molecule has 2 aromatic rings. The minimum absolute atomic E-state index is 0.212. The Hall–Kier alpha value is -1.13. The lowest BCUT2D eigenvalue weighted by molar-refractivity contribution is 0.573. The van der Waals surface area contributed by atoms with Crippen molar-refractivity contribution in [1.82, 2.24) is 9.55 Å². The monoisotopic (exact) mass is 293 g/mol. The van der Waals surface area contributed by atoms with E-state index in [1.165, 1.54) is 0 Å². The van der Waals surface area contributed by atoms with Gasteiger partial charge in [-0.3, -0.25) is 0 Å². The largest absolute Gasteiger partial charge is 0.331 e.